The molecule has 4 aliphatic heterocycles. The summed E-state index contributed by atoms with van der Waals surface area (Å²) in [6, 6.07) is 14.2. The van der Waals surface area contributed by atoms with Gasteiger partial charge in [0.2, 0.25) is 0 Å². The Hall–Kier alpha value is -1.91. The van der Waals surface area contributed by atoms with Gasteiger partial charge in [-0.1, -0.05) is 18.2 Å². The van der Waals surface area contributed by atoms with Crippen LogP contribution in [0.25, 0.3) is 0 Å². The fourth-order valence-corrected chi connectivity index (χ4v) is 5.69. The van der Waals surface area contributed by atoms with Crippen LogP contribution < -0.4 is 4.74 Å². The fourth-order valence-electron chi connectivity index (χ4n) is 5.69. The zero-order valence-corrected chi connectivity index (χ0v) is 15.4. The minimum absolute atomic E-state index is 0.529. The number of para-hydroxylation sites is 1. The molecule has 0 aliphatic carbocycles. The molecule has 0 amide bonds. The summed E-state index contributed by atoms with van der Waals surface area (Å²) in [5, 5.41) is 0. The maximum absolute atomic E-state index is 5.73. The largest absolute Gasteiger partial charge is 0.496 e. The molecule has 136 valence electrons. The summed E-state index contributed by atoms with van der Waals surface area (Å²) < 4.78 is 5.73. The molecule has 0 unspecified atom stereocenters. The molecule has 6 rings (SSSR count). The Labute approximate surface area is 155 Å². The van der Waals surface area contributed by atoms with E-state index in [9.17, 15) is 0 Å². The maximum atomic E-state index is 5.73. The predicted molar refractivity (Wildman–Crippen MR) is 102 cm³/mol. The van der Waals surface area contributed by atoms with E-state index in [1.165, 1.54) is 37.1 Å². The number of benzene rings is 1. The van der Waals surface area contributed by atoms with Crippen molar-refractivity contribution >= 4 is 0 Å². The van der Waals surface area contributed by atoms with Gasteiger partial charge in [0, 0.05) is 49.0 Å². The normalized spacial score (nSPS) is 33.2. The number of rotatable bonds is 4. The van der Waals surface area contributed by atoms with Crippen molar-refractivity contribution in [2.75, 3.05) is 26.7 Å². The monoisotopic (exact) mass is 349 g/mol. The van der Waals surface area contributed by atoms with Gasteiger partial charge in [-0.05, 0) is 55.6 Å². The van der Waals surface area contributed by atoms with E-state index in [1.54, 1.807) is 7.11 Å². The summed E-state index contributed by atoms with van der Waals surface area (Å²) in [4.78, 5) is 9.68. The lowest BCUT2D eigenvalue weighted by Gasteiger charge is -2.51. The molecule has 1 aromatic carbocycles. The molecule has 2 bridgehead atoms. The van der Waals surface area contributed by atoms with E-state index in [2.05, 4.69) is 51.2 Å². The lowest BCUT2D eigenvalue weighted by Crippen LogP contribution is -2.60. The maximum Gasteiger partial charge on any atom is 0.122 e. The Bertz CT molecular complexity index is 757. The molecule has 0 radical (unpaired) electrons. The number of nitrogens with zero attached hydrogens (tertiary/aromatic N) is 3. The van der Waals surface area contributed by atoms with E-state index in [4.69, 9.17) is 4.74 Å². The molecular formula is C22H27N3O. The van der Waals surface area contributed by atoms with Crippen LogP contribution in [0.3, 0.4) is 0 Å². The Morgan fingerprint density at radius 3 is 2.58 bits per heavy atom. The Kier molecular flexibility index (Phi) is 4.18. The van der Waals surface area contributed by atoms with E-state index in [0.29, 0.717) is 18.0 Å². The zero-order valence-electron chi connectivity index (χ0n) is 15.4. The number of methoxy groups -OCH3 is 1. The first-order valence-corrected chi connectivity index (χ1v) is 9.85. The number of aromatic nitrogens is 1. The highest BCUT2D eigenvalue weighted by Gasteiger charge is 2.53. The number of likely N-dealkylation sites (tertiary alicyclic amines) is 1. The number of hydrogen-bond donors (Lipinski definition) is 0. The Balaban J connectivity index is 1.50. The molecule has 2 aromatic rings. The SMILES string of the molecule is COc1ccccc1[C@H]1CN(Cc2ccncc2)[C@@H]2C3CCN(CC3)[C@H]12. The number of hydrogen-bond acceptors (Lipinski definition) is 4. The summed E-state index contributed by atoms with van der Waals surface area (Å²) in [6.45, 7) is 4.67. The molecule has 3 atom stereocenters. The molecule has 4 heteroatoms. The molecule has 0 spiro atoms. The van der Waals surface area contributed by atoms with Crippen molar-refractivity contribution in [1.82, 2.24) is 14.8 Å². The van der Waals surface area contributed by atoms with Gasteiger partial charge in [-0.25, -0.2) is 0 Å². The Morgan fingerprint density at radius 2 is 1.81 bits per heavy atom. The van der Waals surface area contributed by atoms with Gasteiger partial charge < -0.3 is 4.74 Å². The van der Waals surface area contributed by atoms with Gasteiger partial charge in [-0.15, -0.1) is 0 Å². The summed E-state index contributed by atoms with van der Waals surface area (Å²) in [7, 11) is 1.80. The zero-order chi connectivity index (χ0) is 17.5. The van der Waals surface area contributed by atoms with E-state index in [1.807, 2.05) is 12.4 Å². The topological polar surface area (TPSA) is 28.6 Å². The van der Waals surface area contributed by atoms with Crippen LogP contribution in [0.2, 0.25) is 0 Å². The van der Waals surface area contributed by atoms with Crippen molar-refractivity contribution in [3.63, 3.8) is 0 Å². The van der Waals surface area contributed by atoms with Gasteiger partial charge in [0.05, 0.1) is 7.11 Å². The van der Waals surface area contributed by atoms with Crippen molar-refractivity contribution in [3.8, 4) is 5.75 Å². The van der Waals surface area contributed by atoms with Crippen molar-refractivity contribution in [2.24, 2.45) is 5.92 Å². The molecule has 26 heavy (non-hydrogen) atoms. The molecule has 4 nitrogen and oxygen atoms in total. The molecule has 4 fully saturated rings. The summed E-state index contributed by atoms with van der Waals surface area (Å²) >= 11 is 0. The second kappa shape index (κ2) is 6.67. The van der Waals surface area contributed by atoms with Crippen molar-refractivity contribution in [2.45, 2.75) is 37.4 Å². The second-order valence-electron chi connectivity index (χ2n) is 7.99. The third-order valence-electron chi connectivity index (χ3n) is 6.77. The van der Waals surface area contributed by atoms with Crippen molar-refractivity contribution < 1.29 is 4.74 Å². The number of ether oxygens (including phenoxy) is 1. The van der Waals surface area contributed by atoms with Crippen LogP contribution in [0.5, 0.6) is 5.75 Å². The highest BCUT2D eigenvalue weighted by molar-refractivity contribution is 5.39. The Morgan fingerprint density at radius 1 is 1.04 bits per heavy atom. The minimum atomic E-state index is 0.529. The van der Waals surface area contributed by atoms with Crippen LogP contribution in [0.1, 0.15) is 29.9 Å². The molecule has 0 N–H and O–H groups in total. The van der Waals surface area contributed by atoms with Crippen LogP contribution in [0.15, 0.2) is 48.8 Å². The number of piperidine rings is 3. The first kappa shape index (κ1) is 16.3. The predicted octanol–water partition coefficient (Wildman–Crippen LogP) is 3.15. The van der Waals surface area contributed by atoms with Crippen LogP contribution in [-0.2, 0) is 6.54 Å². The third kappa shape index (κ3) is 2.63. The molecule has 1 aromatic heterocycles. The average Bonchev–Trinajstić information content (AvgIpc) is 3.11. The van der Waals surface area contributed by atoms with Gasteiger partial charge in [-0.2, -0.15) is 0 Å². The molecular weight excluding hydrogens is 322 g/mol. The standard InChI is InChI=1S/C22H27N3O/c1-26-20-5-3-2-4-18(20)19-15-25(14-16-6-10-23-11-7-16)21-17-8-12-24(13-9-17)22(19)21/h2-7,10-11,17,19,21-22H,8-9,12-15H2,1H3/t19-,21-,22-/m1/s1. The minimum Gasteiger partial charge on any atom is -0.496 e. The van der Waals surface area contributed by atoms with E-state index >= 15 is 0 Å². The first-order chi connectivity index (χ1) is 12.8. The second-order valence-corrected chi connectivity index (χ2v) is 7.99. The summed E-state index contributed by atoms with van der Waals surface area (Å²) in [5.41, 5.74) is 2.76. The lowest BCUT2D eigenvalue weighted by molar-refractivity contribution is -0.00879. The summed E-state index contributed by atoms with van der Waals surface area (Å²) in [5.74, 6) is 2.41. The smallest absolute Gasteiger partial charge is 0.122 e. The van der Waals surface area contributed by atoms with Crippen molar-refractivity contribution in [3.05, 3.63) is 59.9 Å². The van der Waals surface area contributed by atoms with E-state index in [0.717, 1.165) is 24.8 Å². The van der Waals surface area contributed by atoms with Crippen LogP contribution in [0, 0.1) is 5.92 Å². The lowest BCUT2D eigenvalue weighted by atomic mass is 9.75. The van der Waals surface area contributed by atoms with E-state index < -0.39 is 0 Å². The van der Waals surface area contributed by atoms with Crippen molar-refractivity contribution in [1.29, 1.82) is 0 Å². The molecule has 0 saturated carbocycles. The van der Waals surface area contributed by atoms with Gasteiger partial charge in [0.1, 0.15) is 5.75 Å². The van der Waals surface area contributed by atoms with Gasteiger partial charge in [0.15, 0.2) is 0 Å². The summed E-state index contributed by atoms with van der Waals surface area (Å²) in [6.07, 6.45) is 6.54. The highest BCUT2D eigenvalue weighted by atomic mass is 16.5. The van der Waals surface area contributed by atoms with Crippen LogP contribution in [0.4, 0.5) is 0 Å². The average molecular weight is 349 g/mol. The number of pyridine rings is 1. The number of fused-ring (bicyclic) bond motifs is 2. The molecule has 4 aliphatic rings. The third-order valence-corrected chi connectivity index (χ3v) is 6.77. The molecule has 5 heterocycles. The first-order valence-electron chi connectivity index (χ1n) is 9.85. The highest BCUT2D eigenvalue weighted by Crippen LogP contribution is 2.48. The van der Waals surface area contributed by atoms with Gasteiger partial charge in [0.25, 0.3) is 0 Å². The van der Waals surface area contributed by atoms with Crippen LogP contribution in [-0.4, -0.2) is 53.6 Å². The quantitative estimate of drug-likeness (QED) is 0.848. The van der Waals surface area contributed by atoms with Gasteiger partial charge >= 0.3 is 0 Å². The van der Waals surface area contributed by atoms with Crippen LogP contribution >= 0.6 is 0 Å². The van der Waals surface area contributed by atoms with E-state index in [-0.39, 0.29) is 0 Å². The van der Waals surface area contributed by atoms with Gasteiger partial charge in [-0.3, -0.25) is 14.8 Å². The fraction of sp³-hybridized carbons (Fsp3) is 0.500. The molecule has 4 saturated heterocycles.